The zero-order chi connectivity index (χ0) is 29.1. The van der Waals surface area contributed by atoms with Crippen LogP contribution in [0.15, 0.2) is 84.9 Å². The molecule has 0 saturated carbocycles. The SMILES string of the molecule is O=C(Nc1ccccc1-c1ccccc1)OC1CCN(CCC(=O)N(CNCCC(F)(F)F)c2ccccc2)CC1. The summed E-state index contributed by atoms with van der Waals surface area (Å²) in [5, 5.41) is 5.60. The summed E-state index contributed by atoms with van der Waals surface area (Å²) in [6.07, 6.45) is -4.44. The van der Waals surface area contributed by atoms with Crippen LogP contribution in [-0.4, -0.2) is 62.0 Å². The molecule has 2 amide bonds. The van der Waals surface area contributed by atoms with Crippen molar-refractivity contribution < 1.29 is 27.5 Å². The van der Waals surface area contributed by atoms with Crippen LogP contribution in [0.4, 0.5) is 29.3 Å². The van der Waals surface area contributed by atoms with Gasteiger partial charge in [-0.2, -0.15) is 13.2 Å². The molecule has 10 heteroatoms. The van der Waals surface area contributed by atoms with Crippen molar-refractivity contribution in [1.82, 2.24) is 10.2 Å². The molecule has 41 heavy (non-hydrogen) atoms. The molecular formula is C31H35F3N4O3. The molecule has 0 unspecified atom stereocenters. The lowest BCUT2D eigenvalue weighted by atomic mass is 10.0. The normalized spacial score (nSPS) is 14.4. The number of alkyl halides is 3. The molecule has 0 atom stereocenters. The van der Waals surface area contributed by atoms with Gasteiger partial charge in [0.25, 0.3) is 0 Å². The van der Waals surface area contributed by atoms with Gasteiger partial charge in [0.1, 0.15) is 6.10 Å². The first kappa shape index (κ1) is 30.1. The largest absolute Gasteiger partial charge is 0.446 e. The lowest BCUT2D eigenvalue weighted by Gasteiger charge is -2.32. The molecule has 218 valence electrons. The van der Waals surface area contributed by atoms with Gasteiger partial charge >= 0.3 is 12.3 Å². The first-order valence-corrected chi connectivity index (χ1v) is 13.8. The second kappa shape index (κ2) is 14.7. The van der Waals surface area contributed by atoms with Crippen molar-refractivity contribution >= 4 is 23.4 Å². The van der Waals surface area contributed by atoms with Crippen LogP contribution in [0.25, 0.3) is 11.1 Å². The van der Waals surface area contributed by atoms with Crippen LogP contribution in [0.2, 0.25) is 0 Å². The molecule has 0 radical (unpaired) electrons. The van der Waals surface area contributed by atoms with Gasteiger partial charge < -0.3 is 9.64 Å². The summed E-state index contributed by atoms with van der Waals surface area (Å²) in [5.74, 6) is -0.175. The predicted octanol–water partition coefficient (Wildman–Crippen LogP) is 6.29. The van der Waals surface area contributed by atoms with Crippen LogP contribution < -0.4 is 15.5 Å². The number of benzene rings is 3. The van der Waals surface area contributed by atoms with Crippen LogP contribution in [0.1, 0.15) is 25.7 Å². The number of ether oxygens (including phenoxy) is 1. The summed E-state index contributed by atoms with van der Waals surface area (Å²) >= 11 is 0. The molecule has 0 bridgehead atoms. The Morgan fingerprint density at radius 2 is 1.54 bits per heavy atom. The fraction of sp³-hybridized carbons (Fsp3) is 0.355. The molecule has 1 aliphatic heterocycles. The predicted molar refractivity (Wildman–Crippen MR) is 154 cm³/mol. The molecule has 2 N–H and O–H groups in total. The maximum absolute atomic E-state index is 13.1. The van der Waals surface area contributed by atoms with E-state index in [1.165, 1.54) is 4.90 Å². The number of nitrogens with one attached hydrogen (secondary N) is 2. The zero-order valence-electron chi connectivity index (χ0n) is 22.8. The van der Waals surface area contributed by atoms with Crippen LogP contribution in [0, 0.1) is 0 Å². The van der Waals surface area contributed by atoms with Gasteiger partial charge in [0.2, 0.25) is 5.91 Å². The first-order valence-electron chi connectivity index (χ1n) is 13.8. The van der Waals surface area contributed by atoms with Gasteiger partial charge in [0, 0.05) is 43.9 Å². The number of amides is 2. The maximum atomic E-state index is 13.1. The summed E-state index contributed by atoms with van der Waals surface area (Å²) in [5.41, 5.74) is 3.21. The summed E-state index contributed by atoms with van der Waals surface area (Å²) in [7, 11) is 0. The minimum Gasteiger partial charge on any atom is -0.446 e. The summed E-state index contributed by atoms with van der Waals surface area (Å²) in [4.78, 5) is 29.3. The lowest BCUT2D eigenvalue weighted by Crippen LogP contribution is -2.43. The van der Waals surface area contributed by atoms with E-state index in [0.29, 0.717) is 43.9 Å². The number of likely N-dealkylation sites (tertiary alicyclic amines) is 1. The third-order valence-electron chi connectivity index (χ3n) is 6.92. The standard InChI is InChI=1S/C31H35F3N4O3/c32-31(33,34)18-19-35-23-38(25-11-5-2-6-12-25)29(39)17-22-37-20-15-26(16-21-37)41-30(40)36-28-14-8-7-13-27(28)24-9-3-1-4-10-24/h1-14,26,35H,15-23H2,(H,36,40). The average Bonchev–Trinajstić information content (AvgIpc) is 2.97. The highest BCUT2D eigenvalue weighted by molar-refractivity contribution is 5.93. The Morgan fingerprint density at radius 3 is 2.22 bits per heavy atom. The van der Waals surface area contributed by atoms with Crippen LogP contribution in [0.5, 0.6) is 0 Å². The Kier molecular flexibility index (Phi) is 10.8. The van der Waals surface area contributed by atoms with E-state index in [9.17, 15) is 22.8 Å². The van der Waals surface area contributed by atoms with E-state index in [2.05, 4.69) is 15.5 Å². The number of carbonyl (C=O) groups is 2. The molecule has 4 rings (SSSR count). The number of nitrogens with zero attached hydrogens (tertiary/aromatic N) is 2. The fourth-order valence-electron chi connectivity index (χ4n) is 4.74. The molecule has 1 saturated heterocycles. The lowest BCUT2D eigenvalue weighted by molar-refractivity contribution is -0.133. The van der Waals surface area contributed by atoms with Crippen molar-refractivity contribution in [2.45, 2.75) is 38.0 Å². The molecule has 0 aliphatic carbocycles. The van der Waals surface area contributed by atoms with E-state index in [1.54, 1.807) is 24.3 Å². The molecule has 7 nitrogen and oxygen atoms in total. The monoisotopic (exact) mass is 568 g/mol. The fourth-order valence-corrected chi connectivity index (χ4v) is 4.74. The average molecular weight is 569 g/mol. The summed E-state index contributed by atoms with van der Waals surface area (Å²) in [6.45, 7) is 1.58. The van der Waals surface area contributed by atoms with Gasteiger partial charge in [-0.25, -0.2) is 4.79 Å². The van der Waals surface area contributed by atoms with Crippen molar-refractivity contribution in [3.63, 3.8) is 0 Å². The minimum atomic E-state index is -4.25. The smallest absolute Gasteiger partial charge is 0.411 e. The Morgan fingerprint density at radius 1 is 0.902 bits per heavy atom. The molecular weight excluding hydrogens is 533 g/mol. The highest BCUT2D eigenvalue weighted by Gasteiger charge is 2.27. The highest BCUT2D eigenvalue weighted by atomic mass is 19.4. The summed E-state index contributed by atoms with van der Waals surface area (Å²) < 4.78 is 43.2. The van der Waals surface area contributed by atoms with Crippen LogP contribution in [-0.2, 0) is 9.53 Å². The number of para-hydroxylation sites is 2. The Hall–Kier alpha value is -3.89. The van der Waals surface area contributed by atoms with Gasteiger partial charge in [-0.15, -0.1) is 0 Å². The summed E-state index contributed by atoms with van der Waals surface area (Å²) in [6, 6.07) is 26.3. The quantitative estimate of drug-likeness (QED) is 0.210. The Bertz CT molecular complexity index is 1250. The molecule has 1 heterocycles. The Balaban J connectivity index is 1.22. The number of hydrogen-bond acceptors (Lipinski definition) is 5. The number of halogens is 3. The molecule has 3 aromatic rings. The molecule has 1 aliphatic rings. The van der Waals surface area contributed by atoms with Crippen LogP contribution in [0.3, 0.4) is 0 Å². The van der Waals surface area contributed by atoms with Gasteiger partial charge in [-0.3, -0.25) is 20.3 Å². The van der Waals surface area contributed by atoms with E-state index in [4.69, 9.17) is 4.74 Å². The van der Waals surface area contributed by atoms with Gasteiger partial charge in [0.05, 0.1) is 18.8 Å². The molecule has 3 aromatic carbocycles. The van der Waals surface area contributed by atoms with Gasteiger partial charge in [-0.05, 0) is 36.6 Å². The number of anilines is 2. The van der Waals surface area contributed by atoms with Crippen molar-refractivity contribution in [1.29, 1.82) is 0 Å². The van der Waals surface area contributed by atoms with E-state index >= 15 is 0 Å². The molecule has 0 spiro atoms. The van der Waals surface area contributed by atoms with Crippen molar-refractivity contribution in [3.05, 3.63) is 84.9 Å². The topological polar surface area (TPSA) is 73.9 Å². The maximum Gasteiger partial charge on any atom is 0.411 e. The third kappa shape index (κ3) is 9.61. The second-order valence-electron chi connectivity index (χ2n) is 9.91. The number of rotatable bonds is 11. The van der Waals surface area contributed by atoms with Crippen molar-refractivity contribution in [3.8, 4) is 11.1 Å². The van der Waals surface area contributed by atoms with Crippen LogP contribution >= 0.6 is 0 Å². The van der Waals surface area contributed by atoms with Gasteiger partial charge in [-0.1, -0.05) is 66.7 Å². The second-order valence-corrected chi connectivity index (χ2v) is 9.91. The number of piperidine rings is 1. The van der Waals surface area contributed by atoms with Crippen molar-refractivity contribution in [2.75, 3.05) is 43.1 Å². The third-order valence-corrected chi connectivity index (χ3v) is 6.92. The van der Waals surface area contributed by atoms with E-state index in [0.717, 1.165) is 11.1 Å². The highest BCUT2D eigenvalue weighted by Crippen LogP contribution is 2.28. The zero-order valence-corrected chi connectivity index (χ0v) is 22.8. The van der Waals surface area contributed by atoms with Crippen molar-refractivity contribution in [2.24, 2.45) is 0 Å². The van der Waals surface area contributed by atoms with E-state index < -0.39 is 18.7 Å². The molecule has 1 fully saturated rings. The molecule has 0 aromatic heterocycles. The number of carbonyl (C=O) groups excluding carboxylic acids is 2. The Labute approximate surface area is 238 Å². The van der Waals surface area contributed by atoms with E-state index in [-0.39, 0.29) is 31.6 Å². The number of hydrogen-bond donors (Lipinski definition) is 2. The minimum absolute atomic E-state index is 0.00263. The van der Waals surface area contributed by atoms with E-state index in [1.807, 2.05) is 60.7 Å². The first-order chi connectivity index (χ1) is 19.8. The van der Waals surface area contributed by atoms with Gasteiger partial charge in [0.15, 0.2) is 0 Å².